The molecule has 3 aromatic rings. The van der Waals surface area contributed by atoms with Crippen molar-refractivity contribution in [1.29, 1.82) is 0 Å². The normalized spacial score (nSPS) is 10.6. The zero-order valence-electron chi connectivity index (χ0n) is 11.0. The number of hydrogen-bond donors (Lipinski definition) is 1. The lowest BCUT2D eigenvalue weighted by Gasteiger charge is -2.04. The Morgan fingerprint density at radius 2 is 1.95 bits per heavy atom. The van der Waals surface area contributed by atoms with Crippen molar-refractivity contribution in [3.63, 3.8) is 0 Å². The van der Waals surface area contributed by atoms with Crippen LogP contribution in [0.5, 0.6) is 0 Å². The van der Waals surface area contributed by atoms with E-state index < -0.39 is 0 Å². The van der Waals surface area contributed by atoms with Gasteiger partial charge in [-0.25, -0.2) is 4.98 Å². The summed E-state index contributed by atoms with van der Waals surface area (Å²) in [5.74, 6) is 0.903. The monoisotopic (exact) mass is 249 g/mol. The first-order valence-electron chi connectivity index (χ1n) is 6.27. The second kappa shape index (κ2) is 4.69. The van der Waals surface area contributed by atoms with Gasteiger partial charge in [0.1, 0.15) is 5.82 Å². The molecule has 3 nitrogen and oxygen atoms in total. The zero-order valence-corrected chi connectivity index (χ0v) is 11.0. The van der Waals surface area contributed by atoms with Gasteiger partial charge in [-0.2, -0.15) is 0 Å². The van der Waals surface area contributed by atoms with Gasteiger partial charge < -0.3 is 4.98 Å². The van der Waals surface area contributed by atoms with Gasteiger partial charge in [0, 0.05) is 23.5 Å². The van der Waals surface area contributed by atoms with Gasteiger partial charge in [0.15, 0.2) is 0 Å². The number of aryl methyl sites for hydroxylation is 2. The molecule has 0 aliphatic carbocycles. The highest BCUT2D eigenvalue weighted by Gasteiger charge is 2.08. The molecule has 0 radical (unpaired) electrons. The fourth-order valence-corrected chi connectivity index (χ4v) is 2.12. The van der Waals surface area contributed by atoms with Crippen LogP contribution in [-0.4, -0.2) is 15.0 Å². The smallest absolute Gasteiger partial charge is 0.138 e. The number of nitrogens with one attached hydrogen (secondary N) is 1. The van der Waals surface area contributed by atoms with Crippen molar-refractivity contribution in [3.8, 4) is 22.6 Å². The molecular weight excluding hydrogens is 234 g/mol. The van der Waals surface area contributed by atoms with E-state index in [-0.39, 0.29) is 0 Å². The van der Waals surface area contributed by atoms with E-state index in [2.05, 4.69) is 47.0 Å². The minimum atomic E-state index is 0.903. The maximum atomic E-state index is 4.48. The Balaban J connectivity index is 2.04. The topological polar surface area (TPSA) is 41.6 Å². The van der Waals surface area contributed by atoms with Gasteiger partial charge in [-0.05, 0) is 37.6 Å². The van der Waals surface area contributed by atoms with E-state index in [1.807, 2.05) is 24.5 Å². The fraction of sp³-hybridized carbons (Fsp3) is 0.125. The van der Waals surface area contributed by atoms with E-state index in [0.29, 0.717) is 0 Å². The number of aromatic amines is 1. The largest absolute Gasteiger partial charge is 0.338 e. The second-order valence-electron chi connectivity index (χ2n) is 4.71. The number of pyridine rings is 1. The highest BCUT2D eigenvalue weighted by Crippen LogP contribution is 2.24. The van der Waals surface area contributed by atoms with Crippen molar-refractivity contribution in [2.24, 2.45) is 0 Å². The van der Waals surface area contributed by atoms with E-state index in [1.54, 1.807) is 6.20 Å². The lowest BCUT2D eigenvalue weighted by atomic mass is 10.1. The Kier molecular flexibility index (Phi) is 2.88. The molecule has 0 fully saturated rings. The summed E-state index contributed by atoms with van der Waals surface area (Å²) in [5.41, 5.74) is 5.64. The SMILES string of the molecule is Cc1ccc(C)c(-c2ncc(-c3cccnc3)[nH]2)c1. The van der Waals surface area contributed by atoms with Crippen molar-refractivity contribution in [1.82, 2.24) is 15.0 Å². The first-order valence-corrected chi connectivity index (χ1v) is 6.27. The predicted octanol–water partition coefficient (Wildman–Crippen LogP) is 3.76. The molecule has 2 heterocycles. The first-order chi connectivity index (χ1) is 9.24. The fourth-order valence-electron chi connectivity index (χ4n) is 2.12. The summed E-state index contributed by atoms with van der Waals surface area (Å²) in [5, 5.41) is 0. The molecule has 1 aromatic carbocycles. The average molecular weight is 249 g/mol. The molecule has 19 heavy (non-hydrogen) atoms. The molecule has 2 aromatic heterocycles. The molecule has 0 bridgehead atoms. The van der Waals surface area contributed by atoms with Gasteiger partial charge in [0.05, 0.1) is 11.9 Å². The van der Waals surface area contributed by atoms with E-state index >= 15 is 0 Å². The maximum absolute atomic E-state index is 4.48. The summed E-state index contributed by atoms with van der Waals surface area (Å²) in [6.07, 6.45) is 5.46. The van der Waals surface area contributed by atoms with Crippen LogP contribution < -0.4 is 0 Å². The van der Waals surface area contributed by atoms with Crippen LogP contribution >= 0.6 is 0 Å². The molecule has 3 heteroatoms. The molecule has 0 aliphatic heterocycles. The summed E-state index contributed by atoms with van der Waals surface area (Å²) in [7, 11) is 0. The number of rotatable bonds is 2. The Labute approximate surface area is 112 Å². The van der Waals surface area contributed by atoms with E-state index in [4.69, 9.17) is 0 Å². The summed E-state index contributed by atoms with van der Waals surface area (Å²) in [6.45, 7) is 4.19. The summed E-state index contributed by atoms with van der Waals surface area (Å²) < 4.78 is 0. The van der Waals surface area contributed by atoms with Crippen molar-refractivity contribution < 1.29 is 0 Å². The third-order valence-corrected chi connectivity index (χ3v) is 3.20. The molecular formula is C16H15N3. The second-order valence-corrected chi connectivity index (χ2v) is 4.71. The van der Waals surface area contributed by atoms with Crippen molar-refractivity contribution in [3.05, 3.63) is 60.0 Å². The Bertz CT molecular complexity index is 699. The first kappa shape index (κ1) is 11.7. The van der Waals surface area contributed by atoms with Crippen molar-refractivity contribution >= 4 is 0 Å². The highest BCUT2D eigenvalue weighted by molar-refractivity contribution is 5.66. The summed E-state index contributed by atoms with van der Waals surface area (Å²) >= 11 is 0. The number of nitrogens with zero attached hydrogens (tertiary/aromatic N) is 2. The molecule has 0 spiro atoms. The minimum absolute atomic E-state index is 0.903. The zero-order chi connectivity index (χ0) is 13.2. The van der Waals surface area contributed by atoms with Crippen LogP contribution in [-0.2, 0) is 0 Å². The van der Waals surface area contributed by atoms with Crippen LogP contribution in [0.3, 0.4) is 0 Å². The molecule has 0 unspecified atom stereocenters. The Morgan fingerprint density at radius 3 is 2.74 bits per heavy atom. The molecule has 94 valence electrons. The Hall–Kier alpha value is -2.42. The number of benzene rings is 1. The number of H-pyrrole nitrogens is 1. The van der Waals surface area contributed by atoms with Gasteiger partial charge in [0.2, 0.25) is 0 Å². The van der Waals surface area contributed by atoms with Crippen LogP contribution in [0.2, 0.25) is 0 Å². The average Bonchev–Trinajstić information content (AvgIpc) is 2.92. The van der Waals surface area contributed by atoms with E-state index in [1.165, 1.54) is 11.1 Å². The minimum Gasteiger partial charge on any atom is -0.338 e. The van der Waals surface area contributed by atoms with Gasteiger partial charge >= 0.3 is 0 Å². The van der Waals surface area contributed by atoms with Crippen molar-refractivity contribution in [2.75, 3.05) is 0 Å². The third-order valence-electron chi connectivity index (χ3n) is 3.20. The van der Waals surface area contributed by atoms with Crippen LogP contribution in [0.1, 0.15) is 11.1 Å². The predicted molar refractivity (Wildman–Crippen MR) is 76.7 cm³/mol. The van der Waals surface area contributed by atoms with Gasteiger partial charge in [-0.1, -0.05) is 17.7 Å². The molecule has 0 saturated carbocycles. The highest BCUT2D eigenvalue weighted by atomic mass is 14.9. The van der Waals surface area contributed by atoms with Crippen LogP contribution in [0.15, 0.2) is 48.9 Å². The van der Waals surface area contributed by atoms with Crippen molar-refractivity contribution in [2.45, 2.75) is 13.8 Å². The molecule has 0 aliphatic rings. The summed E-state index contributed by atoms with van der Waals surface area (Å²) in [4.78, 5) is 12.0. The van der Waals surface area contributed by atoms with Crippen LogP contribution in [0, 0.1) is 13.8 Å². The van der Waals surface area contributed by atoms with Crippen LogP contribution in [0.25, 0.3) is 22.6 Å². The van der Waals surface area contributed by atoms with Gasteiger partial charge in [0.25, 0.3) is 0 Å². The standard InChI is InChI=1S/C16H15N3/c1-11-5-6-12(2)14(8-11)16-18-10-15(19-16)13-4-3-7-17-9-13/h3-10H,1-2H3,(H,18,19). The van der Waals surface area contributed by atoms with Gasteiger partial charge in [-0.3, -0.25) is 4.98 Å². The van der Waals surface area contributed by atoms with E-state index in [0.717, 1.165) is 22.6 Å². The lowest BCUT2D eigenvalue weighted by Crippen LogP contribution is -1.87. The molecule has 1 N–H and O–H groups in total. The molecule has 0 amide bonds. The molecule has 3 rings (SSSR count). The number of aromatic nitrogens is 3. The quantitative estimate of drug-likeness (QED) is 0.751. The molecule has 0 saturated heterocycles. The molecule has 0 atom stereocenters. The summed E-state index contributed by atoms with van der Waals surface area (Å²) in [6, 6.07) is 10.3. The maximum Gasteiger partial charge on any atom is 0.138 e. The van der Waals surface area contributed by atoms with Gasteiger partial charge in [-0.15, -0.1) is 0 Å². The lowest BCUT2D eigenvalue weighted by molar-refractivity contribution is 1.27. The van der Waals surface area contributed by atoms with E-state index in [9.17, 15) is 0 Å². The van der Waals surface area contributed by atoms with Crippen LogP contribution in [0.4, 0.5) is 0 Å². The number of hydrogen-bond acceptors (Lipinski definition) is 2. The number of imidazole rings is 1. The Morgan fingerprint density at radius 1 is 1.05 bits per heavy atom. The third kappa shape index (κ3) is 2.27.